The van der Waals surface area contributed by atoms with E-state index in [1.54, 1.807) is 0 Å². The molecule has 3 heteroatoms. The van der Waals surface area contributed by atoms with Gasteiger partial charge in [-0.15, -0.1) is 11.6 Å². The van der Waals surface area contributed by atoms with Crippen molar-refractivity contribution in [1.82, 2.24) is 4.98 Å². The van der Waals surface area contributed by atoms with E-state index in [1.165, 1.54) is 0 Å². The molecule has 0 bridgehead atoms. The highest BCUT2D eigenvalue weighted by atomic mass is 35.5. The van der Waals surface area contributed by atoms with E-state index in [4.69, 9.17) is 11.6 Å². The first-order valence-electron chi connectivity index (χ1n) is 5.68. The quantitative estimate of drug-likeness (QED) is 0.746. The molecule has 16 heavy (non-hydrogen) atoms. The summed E-state index contributed by atoms with van der Waals surface area (Å²) in [5.74, 6) is 1.54. The van der Waals surface area contributed by atoms with E-state index < -0.39 is 0 Å². The molecule has 1 rings (SSSR count). The van der Waals surface area contributed by atoms with Crippen LogP contribution in [0.5, 0.6) is 0 Å². The summed E-state index contributed by atoms with van der Waals surface area (Å²) in [5, 5.41) is 0. The average Bonchev–Trinajstić information content (AvgIpc) is 2.27. The number of hydrogen-bond donors (Lipinski definition) is 0. The maximum absolute atomic E-state index is 5.88. The van der Waals surface area contributed by atoms with E-state index >= 15 is 0 Å². The van der Waals surface area contributed by atoms with Crippen molar-refractivity contribution in [1.29, 1.82) is 0 Å². The van der Waals surface area contributed by atoms with Crippen LogP contribution in [-0.4, -0.2) is 17.6 Å². The molecule has 0 amide bonds. The van der Waals surface area contributed by atoms with Crippen LogP contribution in [-0.2, 0) is 5.88 Å². The third-order valence-electron chi connectivity index (χ3n) is 3.27. The van der Waals surface area contributed by atoms with Crippen LogP contribution in [0.25, 0.3) is 0 Å². The first kappa shape index (κ1) is 13.3. The van der Waals surface area contributed by atoms with Crippen LogP contribution < -0.4 is 4.90 Å². The van der Waals surface area contributed by atoms with Gasteiger partial charge < -0.3 is 4.90 Å². The smallest absolute Gasteiger partial charge is 0.129 e. The summed E-state index contributed by atoms with van der Waals surface area (Å²) in [6.07, 6.45) is 1.08. The van der Waals surface area contributed by atoms with Gasteiger partial charge in [-0.2, -0.15) is 0 Å². The summed E-state index contributed by atoms with van der Waals surface area (Å²) in [6.45, 7) is 8.63. The van der Waals surface area contributed by atoms with E-state index in [2.05, 4.69) is 43.8 Å². The molecule has 1 aromatic rings. The Morgan fingerprint density at radius 3 is 2.50 bits per heavy atom. The fraction of sp³-hybridized carbons (Fsp3) is 0.615. The predicted molar refractivity (Wildman–Crippen MR) is 71.3 cm³/mol. The van der Waals surface area contributed by atoms with Crippen molar-refractivity contribution in [2.75, 3.05) is 11.9 Å². The normalized spacial score (nSPS) is 11.6. The number of nitrogens with zero attached hydrogens (tertiary/aromatic N) is 2. The minimum atomic E-state index is 0.115. The summed E-state index contributed by atoms with van der Waals surface area (Å²) < 4.78 is 0. The summed E-state index contributed by atoms with van der Waals surface area (Å²) in [7, 11) is 2.09. The average molecular weight is 241 g/mol. The Morgan fingerprint density at radius 1 is 1.38 bits per heavy atom. The number of aromatic nitrogens is 1. The Bertz CT molecular complexity index is 361. The van der Waals surface area contributed by atoms with Gasteiger partial charge in [-0.1, -0.05) is 6.92 Å². The van der Waals surface area contributed by atoms with Gasteiger partial charge in [-0.05, 0) is 44.9 Å². The molecular formula is C13H21ClN2. The van der Waals surface area contributed by atoms with Gasteiger partial charge >= 0.3 is 0 Å². The van der Waals surface area contributed by atoms with E-state index in [0.29, 0.717) is 5.88 Å². The van der Waals surface area contributed by atoms with Crippen LogP contribution in [0.2, 0.25) is 0 Å². The third-order valence-corrected chi connectivity index (χ3v) is 3.58. The maximum atomic E-state index is 5.88. The summed E-state index contributed by atoms with van der Waals surface area (Å²) >= 11 is 5.88. The Balaban J connectivity index is 3.08. The first-order chi connectivity index (χ1) is 7.40. The minimum absolute atomic E-state index is 0.115. The Hall–Kier alpha value is -0.760. The molecule has 0 radical (unpaired) electrons. The zero-order chi connectivity index (χ0) is 12.3. The highest BCUT2D eigenvalue weighted by molar-refractivity contribution is 6.17. The van der Waals surface area contributed by atoms with Crippen LogP contribution in [0.3, 0.4) is 0 Å². The van der Waals surface area contributed by atoms with Gasteiger partial charge in [-0.3, -0.25) is 0 Å². The Morgan fingerprint density at radius 2 is 2.00 bits per heavy atom. The van der Waals surface area contributed by atoms with Gasteiger partial charge in [0.1, 0.15) is 5.82 Å². The lowest BCUT2D eigenvalue weighted by Crippen LogP contribution is -2.41. The number of aryl methyl sites for hydroxylation is 1. The van der Waals surface area contributed by atoms with E-state index in [9.17, 15) is 0 Å². The molecule has 2 nitrogen and oxygen atoms in total. The van der Waals surface area contributed by atoms with E-state index in [0.717, 1.165) is 23.5 Å². The third kappa shape index (κ3) is 2.88. The van der Waals surface area contributed by atoms with Crippen molar-refractivity contribution < 1.29 is 0 Å². The maximum Gasteiger partial charge on any atom is 0.129 e. The molecule has 0 saturated carbocycles. The zero-order valence-electron chi connectivity index (χ0n) is 10.8. The van der Waals surface area contributed by atoms with Gasteiger partial charge in [0.2, 0.25) is 0 Å². The number of hydrogen-bond acceptors (Lipinski definition) is 2. The van der Waals surface area contributed by atoms with Crippen molar-refractivity contribution in [2.45, 2.75) is 45.5 Å². The molecule has 0 fully saturated rings. The number of pyridine rings is 1. The topological polar surface area (TPSA) is 16.1 Å². The van der Waals surface area contributed by atoms with Crippen molar-refractivity contribution in [2.24, 2.45) is 0 Å². The molecule has 0 aliphatic rings. The van der Waals surface area contributed by atoms with Crippen LogP contribution in [0.15, 0.2) is 12.1 Å². The van der Waals surface area contributed by atoms with E-state index in [1.807, 2.05) is 13.0 Å². The van der Waals surface area contributed by atoms with Crippen LogP contribution in [0.1, 0.15) is 38.4 Å². The van der Waals surface area contributed by atoms with Gasteiger partial charge in [0, 0.05) is 24.2 Å². The number of anilines is 1. The van der Waals surface area contributed by atoms with Gasteiger partial charge in [-0.25, -0.2) is 4.98 Å². The van der Waals surface area contributed by atoms with Crippen LogP contribution in [0, 0.1) is 6.92 Å². The monoisotopic (exact) mass is 240 g/mol. The molecule has 0 aliphatic carbocycles. The molecular weight excluding hydrogens is 220 g/mol. The second-order valence-electron chi connectivity index (χ2n) is 4.83. The largest absolute Gasteiger partial charge is 0.355 e. The molecule has 0 unspecified atom stereocenters. The fourth-order valence-electron chi connectivity index (χ4n) is 1.52. The zero-order valence-corrected chi connectivity index (χ0v) is 11.6. The van der Waals surface area contributed by atoms with Crippen molar-refractivity contribution in [3.05, 3.63) is 23.4 Å². The molecule has 0 spiro atoms. The summed E-state index contributed by atoms with van der Waals surface area (Å²) in [4.78, 5) is 6.78. The highest BCUT2D eigenvalue weighted by Crippen LogP contribution is 2.24. The predicted octanol–water partition coefficient (Wildman–Crippen LogP) is 3.75. The van der Waals surface area contributed by atoms with Gasteiger partial charge in [0.25, 0.3) is 0 Å². The highest BCUT2D eigenvalue weighted by Gasteiger charge is 2.22. The van der Waals surface area contributed by atoms with Crippen molar-refractivity contribution >= 4 is 17.4 Å². The molecule has 90 valence electrons. The molecule has 1 heterocycles. The van der Waals surface area contributed by atoms with Gasteiger partial charge in [0.15, 0.2) is 0 Å². The SMILES string of the molecule is CCC(C)(C)N(C)c1cc(CCl)cc(C)n1. The summed E-state index contributed by atoms with van der Waals surface area (Å²) in [6, 6.07) is 4.10. The molecule has 1 aromatic heterocycles. The fourth-order valence-corrected chi connectivity index (χ4v) is 1.67. The minimum Gasteiger partial charge on any atom is -0.355 e. The lowest BCUT2D eigenvalue weighted by molar-refractivity contribution is 0.467. The molecule has 0 saturated heterocycles. The number of rotatable bonds is 4. The second-order valence-corrected chi connectivity index (χ2v) is 5.10. The standard InChI is InChI=1S/C13H21ClN2/c1-6-13(3,4)16(5)12-8-11(9-14)7-10(2)15-12/h7-8H,6,9H2,1-5H3. The van der Waals surface area contributed by atoms with E-state index in [-0.39, 0.29) is 5.54 Å². The Kier molecular flexibility index (Phi) is 4.20. The lowest BCUT2D eigenvalue weighted by Gasteiger charge is -2.36. The lowest BCUT2D eigenvalue weighted by atomic mass is 10.00. The Labute approximate surface area is 104 Å². The van der Waals surface area contributed by atoms with Crippen LogP contribution in [0.4, 0.5) is 5.82 Å². The van der Waals surface area contributed by atoms with Crippen molar-refractivity contribution in [3.8, 4) is 0 Å². The molecule has 0 aromatic carbocycles. The number of alkyl halides is 1. The first-order valence-corrected chi connectivity index (χ1v) is 6.21. The molecule has 0 aliphatic heterocycles. The van der Waals surface area contributed by atoms with Crippen molar-refractivity contribution in [3.63, 3.8) is 0 Å². The number of halogens is 1. The molecule has 0 N–H and O–H groups in total. The van der Waals surface area contributed by atoms with Crippen LogP contribution >= 0.6 is 11.6 Å². The summed E-state index contributed by atoms with van der Waals surface area (Å²) in [5.41, 5.74) is 2.26. The van der Waals surface area contributed by atoms with Gasteiger partial charge in [0.05, 0.1) is 0 Å². The second kappa shape index (κ2) is 5.05. The molecule has 0 atom stereocenters.